The Hall–Kier alpha value is -1.11. The summed E-state index contributed by atoms with van der Waals surface area (Å²) < 4.78 is 16.2. The van der Waals surface area contributed by atoms with Crippen molar-refractivity contribution in [2.75, 3.05) is 5.32 Å². The summed E-state index contributed by atoms with van der Waals surface area (Å²) in [6.07, 6.45) is 6.23. The second kappa shape index (κ2) is 4.87. The highest BCUT2D eigenvalue weighted by Crippen LogP contribution is 2.35. The molecular formula is C13H13FIN3. The van der Waals surface area contributed by atoms with Crippen LogP contribution in [0.5, 0.6) is 0 Å². The molecule has 0 unspecified atom stereocenters. The molecule has 0 bridgehead atoms. The number of nitrogens with one attached hydrogen (secondary N) is 1. The maximum atomic E-state index is 13.4. The van der Waals surface area contributed by atoms with Gasteiger partial charge in [0.05, 0.1) is 27.8 Å². The van der Waals surface area contributed by atoms with Crippen LogP contribution in [0.1, 0.15) is 24.6 Å². The van der Waals surface area contributed by atoms with Crippen LogP contribution < -0.4 is 5.32 Å². The fraction of sp³-hybridized carbons (Fsp3) is 0.308. The molecule has 2 aromatic rings. The predicted octanol–water partition coefficient (Wildman–Crippen LogP) is 3.57. The fourth-order valence-corrected chi connectivity index (χ4v) is 2.53. The van der Waals surface area contributed by atoms with E-state index in [2.05, 4.69) is 14.9 Å². The Labute approximate surface area is 119 Å². The van der Waals surface area contributed by atoms with E-state index in [-0.39, 0.29) is 5.82 Å². The monoisotopic (exact) mass is 357 g/mol. The van der Waals surface area contributed by atoms with Crippen molar-refractivity contribution in [1.29, 1.82) is 0 Å². The molecule has 0 spiro atoms. The van der Waals surface area contributed by atoms with Gasteiger partial charge in [-0.1, -0.05) is 6.07 Å². The van der Waals surface area contributed by atoms with Crippen molar-refractivity contribution < 1.29 is 4.39 Å². The normalized spacial score (nSPS) is 14.8. The van der Waals surface area contributed by atoms with Crippen molar-refractivity contribution in [2.45, 2.75) is 25.4 Å². The van der Waals surface area contributed by atoms with Crippen LogP contribution >= 0.6 is 22.6 Å². The second-order valence-electron chi connectivity index (χ2n) is 4.48. The molecule has 0 aliphatic heterocycles. The number of nitrogens with zero attached hydrogens (tertiary/aromatic N) is 2. The van der Waals surface area contributed by atoms with Crippen LogP contribution in [0.2, 0.25) is 0 Å². The van der Waals surface area contributed by atoms with Crippen molar-refractivity contribution in [2.24, 2.45) is 0 Å². The molecule has 1 aromatic carbocycles. The molecule has 0 atom stereocenters. The van der Waals surface area contributed by atoms with E-state index in [0.29, 0.717) is 16.2 Å². The lowest BCUT2D eigenvalue weighted by atomic mass is 10.3. The van der Waals surface area contributed by atoms with E-state index in [1.807, 2.05) is 41.2 Å². The van der Waals surface area contributed by atoms with E-state index in [1.165, 1.54) is 18.9 Å². The first-order valence-electron chi connectivity index (χ1n) is 5.94. The molecule has 94 valence electrons. The van der Waals surface area contributed by atoms with Gasteiger partial charge in [-0.15, -0.1) is 0 Å². The second-order valence-corrected chi connectivity index (χ2v) is 5.56. The van der Waals surface area contributed by atoms with Gasteiger partial charge < -0.3 is 9.88 Å². The largest absolute Gasteiger partial charge is 0.378 e. The van der Waals surface area contributed by atoms with E-state index in [4.69, 9.17) is 0 Å². The molecule has 1 aliphatic carbocycles. The zero-order chi connectivity index (χ0) is 12.5. The average Bonchev–Trinajstić information content (AvgIpc) is 3.11. The summed E-state index contributed by atoms with van der Waals surface area (Å²) in [5.41, 5.74) is 1.98. The first-order chi connectivity index (χ1) is 8.75. The molecule has 1 heterocycles. The maximum absolute atomic E-state index is 13.4. The third kappa shape index (κ3) is 2.36. The lowest BCUT2D eigenvalue weighted by Gasteiger charge is -2.10. The smallest absolute Gasteiger partial charge is 0.138 e. The highest BCUT2D eigenvalue weighted by atomic mass is 127. The number of aromatic nitrogens is 2. The Morgan fingerprint density at radius 1 is 1.44 bits per heavy atom. The number of hydrogen-bond acceptors (Lipinski definition) is 2. The van der Waals surface area contributed by atoms with Crippen LogP contribution in [-0.4, -0.2) is 9.55 Å². The Bertz CT molecular complexity index is 563. The molecule has 0 saturated heterocycles. The van der Waals surface area contributed by atoms with Crippen LogP contribution in [-0.2, 0) is 6.54 Å². The number of imidazole rings is 1. The number of rotatable bonds is 4. The summed E-state index contributed by atoms with van der Waals surface area (Å²) in [6, 6.07) is 5.71. The van der Waals surface area contributed by atoms with E-state index in [0.717, 1.165) is 11.4 Å². The van der Waals surface area contributed by atoms with Gasteiger partial charge in [0.2, 0.25) is 0 Å². The van der Waals surface area contributed by atoms with Gasteiger partial charge in [0.1, 0.15) is 5.82 Å². The third-order valence-electron chi connectivity index (χ3n) is 3.10. The molecule has 3 rings (SSSR count). The molecule has 18 heavy (non-hydrogen) atoms. The standard InChI is InChI=1S/C13H13FIN3/c14-11-2-1-3-12(13(11)15)17-7-10-6-16-8-18(10)9-4-5-9/h1-3,6,8-9,17H,4-5,7H2. The zero-order valence-electron chi connectivity index (χ0n) is 9.74. The lowest BCUT2D eigenvalue weighted by Crippen LogP contribution is -2.07. The van der Waals surface area contributed by atoms with E-state index >= 15 is 0 Å². The first-order valence-corrected chi connectivity index (χ1v) is 7.02. The number of hydrogen-bond donors (Lipinski definition) is 1. The highest BCUT2D eigenvalue weighted by molar-refractivity contribution is 14.1. The van der Waals surface area contributed by atoms with Gasteiger partial charge in [-0.3, -0.25) is 0 Å². The van der Waals surface area contributed by atoms with Crippen LogP contribution in [0.3, 0.4) is 0 Å². The minimum Gasteiger partial charge on any atom is -0.378 e. The quantitative estimate of drug-likeness (QED) is 0.848. The summed E-state index contributed by atoms with van der Waals surface area (Å²) in [4.78, 5) is 4.18. The molecule has 1 N–H and O–H groups in total. The molecule has 0 radical (unpaired) electrons. The number of halogens is 2. The highest BCUT2D eigenvalue weighted by Gasteiger charge is 2.25. The van der Waals surface area contributed by atoms with Gasteiger partial charge in [-0.05, 0) is 47.6 Å². The molecule has 1 fully saturated rings. The fourth-order valence-electron chi connectivity index (χ4n) is 1.98. The first kappa shape index (κ1) is 12.0. The Morgan fingerprint density at radius 2 is 2.28 bits per heavy atom. The Balaban J connectivity index is 1.74. The van der Waals surface area contributed by atoms with Crippen LogP contribution in [0, 0.1) is 9.39 Å². The van der Waals surface area contributed by atoms with Crippen molar-refractivity contribution >= 4 is 28.3 Å². The van der Waals surface area contributed by atoms with Gasteiger partial charge in [-0.2, -0.15) is 0 Å². The molecule has 0 amide bonds. The summed E-state index contributed by atoms with van der Waals surface area (Å²) in [7, 11) is 0. The zero-order valence-corrected chi connectivity index (χ0v) is 11.9. The molecule has 3 nitrogen and oxygen atoms in total. The molecule has 1 aromatic heterocycles. The SMILES string of the molecule is Fc1cccc(NCc2cncn2C2CC2)c1I. The van der Waals surface area contributed by atoms with E-state index in [1.54, 1.807) is 6.07 Å². The Morgan fingerprint density at radius 3 is 3.06 bits per heavy atom. The van der Waals surface area contributed by atoms with E-state index < -0.39 is 0 Å². The van der Waals surface area contributed by atoms with Gasteiger partial charge in [-0.25, -0.2) is 9.37 Å². The van der Waals surface area contributed by atoms with Crippen molar-refractivity contribution in [3.05, 3.63) is 45.8 Å². The maximum Gasteiger partial charge on any atom is 0.138 e. The predicted molar refractivity (Wildman–Crippen MR) is 76.9 cm³/mol. The van der Waals surface area contributed by atoms with Gasteiger partial charge in [0.25, 0.3) is 0 Å². The van der Waals surface area contributed by atoms with Crippen molar-refractivity contribution in [1.82, 2.24) is 9.55 Å². The molecule has 5 heteroatoms. The minimum absolute atomic E-state index is 0.184. The van der Waals surface area contributed by atoms with Crippen LogP contribution in [0.25, 0.3) is 0 Å². The van der Waals surface area contributed by atoms with Gasteiger partial charge >= 0.3 is 0 Å². The van der Waals surface area contributed by atoms with E-state index in [9.17, 15) is 4.39 Å². The van der Waals surface area contributed by atoms with Gasteiger partial charge in [0, 0.05) is 12.2 Å². The third-order valence-corrected chi connectivity index (χ3v) is 4.19. The number of anilines is 1. The van der Waals surface area contributed by atoms with Gasteiger partial charge in [0.15, 0.2) is 0 Å². The summed E-state index contributed by atoms with van der Waals surface area (Å²) in [5, 5.41) is 3.27. The topological polar surface area (TPSA) is 29.9 Å². The summed E-state index contributed by atoms with van der Waals surface area (Å²) in [5.74, 6) is -0.184. The van der Waals surface area contributed by atoms with Crippen molar-refractivity contribution in [3.63, 3.8) is 0 Å². The molecule has 1 aliphatic rings. The molecule has 1 saturated carbocycles. The van der Waals surface area contributed by atoms with Crippen molar-refractivity contribution in [3.8, 4) is 0 Å². The summed E-state index contributed by atoms with van der Waals surface area (Å²) >= 11 is 2.02. The minimum atomic E-state index is -0.184. The lowest BCUT2D eigenvalue weighted by molar-refractivity contribution is 0.620. The van der Waals surface area contributed by atoms with Crippen LogP contribution in [0.15, 0.2) is 30.7 Å². The Kier molecular flexibility index (Phi) is 3.23. The average molecular weight is 357 g/mol. The molecular weight excluding hydrogens is 344 g/mol. The van der Waals surface area contributed by atoms with Crippen LogP contribution in [0.4, 0.5) is 10.1 Å². The number of benzene rings is 1. The summed E-state index contributed by atoms with van der Waals surface area (Å²) in [6.45, 7) is 0.677.